The van der Waals surface area contributed by atoms with Crippen molar-refractivity contribution >= 4 is 50.7 Å². The Balaban J connectivity index is 2.06. The van der Waals surface area contributed by atoms with E-state index in [1.54, 1.807) is 61.5 Å². The van der Waals surface area contributed by atoms with Crippen LogP contribution in [0.3, 0.4) is 0 Å². The summed E-state index contributed by atoms with van der Waals surface area (Å²) in [6.45, 7) is 5.36. The third-order valence-electron chi connectivity index (χ3n) is 6.31. The van der Waals surface area contributed by atoms with Gasteiger partial charge in [-0.2, -0.15) is 0 Å². The Labute approximate surface area is 245 Å². The molecule has 8 nitrogen and oxygen atoms in total. The number of likely N-dealkylation sites (N-methyl/N-ethyl adjacent to an activating group) is 1. The maximum absolute atomic E-state index is 14.0. The number of aryl methyl sites for hydroxylation is 1. The highest BCUT2D eigenvalue weighted by Crippen LogP contribution is 2.28. The third-order valence-corrected chi connectivity index (χ3v) is 8.69. The van der Waals surface area contributed by atoms with Gasteiger partial charge in [0, 0.05) is 23.6 Å². The van der Waals surface area contributed by atoms with Gasteiger partial charge in [-0.05, 0) is 74.4 Å². The molecule has 214 valence electrons. The lowest BCUT2D eigenvalue weighted by molar-refractivity contribution is -0.140. The van der Waals surface area contributed by atoms with Crippen LogP contribution in [0.2, 0.25) is 10.0 Å². The minimum absolute atomic E-state index is 0.00466. The van der Waals surface area contributed by atoms with Gasteiger partial charge in [-0.1, -0.05) is 53.9 Å². The van der Waals surface area contributed by atoms with Crippen LogP contribution >= 0.6 is 23.2 Å². The summed E-state index contributed by atoms with van der Waals surface area (Å²) in [7, 11) is -2.70. The van der Waals surface area contributed by atoms with E-state index in [0.29, 0.717) is 40.1 Å². The molecule has 0 fully saturated rings. The molecule has 0 radical (unpaired) electrons. The van der Waals surface area contributed by atoms with Crippen molar-refractivity contribution in [1.29, 1.82) is 0 Å². The number of anilines is 1. The van der Waals surface area contributed by atoms with Crippen LogP contribution in [-0.2, 0) is 26.2 Å². The Kier molecular flexibility index (Phi) is 10.8. The Morgan fingerprint density at radius 2 is 1.62 bits per heavy atom. The highest BCUT2D eigenvalue weighted by atomic mass is 35.5. The van der Waals surface area contributed by atoms with Crippen molar-refractivity contribution in [3.63, 3.8) is 0 Å². The second kappa shape index (κ2) is 13.9. The SMILES string of the molecule is CCOc1ccc(S(=O)(=O)N(CC(=O)N(Cc2ccc(Cl)cc2Cl)C(CC)C(=O)NC)c2ccc(C)cc2)cc1. The number of amides is 2. The lowest BCUT2D eigenvalue weighted by atomic mass is 10.1. The molecular formula is C29H33Cl2N3O5S. The minimum atomic E-state index is -4.19. The molecule has 2 amide bonds. The Morgan fingerprint density at radius 3 is 2.17 bits per heavy atom. The van der Waals surface area contributed by atoms with Crippen LogP contribution in [0.25, 0.3) is 0 Å². The molecule has 40 heavy (non-hydrogen) atoms. The van der Waals surface area contributed by atoms with E-state index < -0.39 is 28.5 Å². The zero-order chi connectivity index (χ0) is 29.4. The fourth-order valence-electron chi connectivity index (χ4n) is 4.16. The van der Waals surface area contributed by atoms with Gasteiger partial charge in [0.1, 0.15) is 18.3 Å². The Morgan fingerprint density at radius 1 is 0.975 bits per heavy atom. The molecule has 3 rings (SSSR count). The number of sulfonamides is 1. The zero-order valence-corrected chi connectivity index (χ0v) is 25.2. The van der Waals surface area contributed by atoms with Crippen LogP contribution in [0.4, 0.5) is 5.69 Å². The van der Waals surface area contributed by atoms with Crippen LogP contribution in [0, 0.1) is 6.92 Å². The van der Waals surface area contributed by atoms with E-state index in [-0.39, 0.29) is 17.3 Å². The van der Waals surface area contributed by atoms with Crippen molar-refractivity contribution in [2.45, 2.75) is 44.7 Å². The molecule has 0 spiro atoms. The normalized spacial score (nSPS) is 11.9. The molecule has 0 saturated heterocycles. The first-order valence-electron chi connectivity index (χ1n) is 12.8. The fourth-order valence-corrected chi connectivity index (χ4v) is 6.04. The van der Waals surface area contributed by atoms with Crippen LogP contribution in [-0.4, -0.2) is 51.4 Å². The lowest BCUT2D eigenvalue weighted by Gasteiger charge is -2.33. The van der Waals surface area contributed by atoms with E-state index in [1.165, 1.54) is 24.1 Å². The number of rotatable bonds is 12. The molecule has 0 bridgehead atoms. The third kappa shape index (κ3) is 7.47. The first-order valence-corrected chi connectivity index (χ1v) is 15.0. The number of carbonyl (C=O) groups excluding carboxylic acids is 2. The predicted octanol–water partition coefficient (Wildman–Crippen LogP) is 5.45. The first kappa shape index (κ1) is 31.3. The summed E-state index contributed by atoms with van der Waals surface area (Å²) in [5.41, 5.74) is 1.81. The summed E-state index contributed by atoms with van der Waals surface area (Å²) in [6.07, 6.45) is 0.298. The second-order valence-electron chi connectivity index (χ2n) is 9.05. The van der Waals surface area contributed by atoms with Crippen molar-refractivity contribution in [3.8, 4) is 5.75 Å². The van der Waals surface area contributed by atoms with Gasteiger partial charge in [-0.25, -0.2) is 8.42 Å². The van der Waals surface area contributed by atoms with Gasteiger partial charge in [0.15, 0.2) is 0 Å². The van der Waals surface area contributed by atoms with Gasteiger partial charge >= 0.3 is 0 Å². The van der Waals surface area contributed by atoms with Gasteiger partial charge < -0.3 is 15.0 Å². The van der Waals surface area contributed by atoms with E-state index in [9.17, 15) is 18.0 Å². The molecule has 0 aromatic heterocycles. The lowest BCUT2D eigenvalue weighted by Crippen LogP contribution is -2.51. The molecule has 1 atom stereocenters. The molecule has 1 N–H and O–H groups in total. The van der Waals surface area contributed by atoms with Crippen LogP contribution in [0.5, 0.6) is 5.75 Å². The summed E-state index contributed by atoms with van der Waals surface area (Å²) < 4.78 is 34.3. The summed E-state index contributed by atoms with van der Waals surface area (Å²) >= 11 is 12.5. The van der Waals surface area contributed by atoms with Crippen molar-refractivity contribution in [2.75, 3.05) is 24.5 Å². The minimum Gasteiger partial charge on any atom is -0.494 e. The topological polar surface area (TPSA) is 96.0 Å². The smallest absolute Gasteiger partial charge is 0.264 e. The zero-order valence-electron chi connectivity index (χ0n) is 22.9. The van der Waals surface area contributed by atoms with E-state index in [2.05, 4.69) is 5.32 Å². The first-order chi connectivity index (χ1) is 19.0. The van der Waals surface area contributed by atoms with E-state index >= 15 is 0 Å². The molecule has 11 heteroatoms. The average molecular weight is 607 g/mol. The number of nitrogens with one attached hydrogen (secondary N) is 1. The van der Waals surface area contributed by atoms with Crippen molar-refractivity contribution in [3.05, 3.63) is 87.9 Å². The van der Waals surface area contributed by atoms with E-state index in [4.69, 9.17) is 27.9 Å². The number of nitrogens with zero attached hydrogens (tertiary/aromatic N) is 2. The van der Waals surface area contributed by atoms with Gasteiger partial charge in [0.2, 0.25) is 11.8 Å². The molecule has 0 heterocycles. The molecule has 3 aromatic rings. The Hall–Kier alpha value is -3.27. The molecule has 0 saturated carbocycles. The molecule has 0 aliphatic rings. The Bertz CT molecular complexity index is 1430. The average Bonchev–Trinajstić information content (AvgIpc) is 2.93. The number of carbonyl (C=O) groups is 2. The van der Waals surface area contributed by atoms with Crippen molar-refractivity contribution in [2.24, 2.45) is 0 Å². The fraction of sp³-hybridized carbons (Fsp3) is 0.310. The maximum Gasteiger partial charge on any atom is 0.264 e. The van der Waals surface area contributed by atoms with Gasteiger partial charge in [0.05, 0.1) is 17.2 Å². The largest absolute Gasteiger partial charge is 0.494 e. The summed E-state index contributed by atoms with van der Waals surface area (Å²) in [5, 5.41) is 3.35. The van der Waals surface area contributed by atoms with Crippen LogP contribution in [0.15, 0.2) is 71.6 Å². The monoisotopic (exact) mass is 605 g/mol. The predicted molar refractivity (Wildman–Crippen MR) is 158 cm³/mol. The van der Waals surface area contributed by atoms with Gasteiger partial charge in [-0.15, -0.1) is 0 Å². The van der Waals surface area contributed by atoms with Gasteiger partial charge in [0.25, 0.3) is 10.0 Å². The van der Waals surface area contributed by atoms with E-state index in [0.717, 1.165) is 9.87 Å². The second-order valence-corrected chi connectivity index (χ2v) is 11.8. The summed E-state index contributed by atoms with van der Waals surface area (Å²) in [6, 6.07) is 16.9. The highest BCUT2D eigenvalue weighted by Gasteiger charge is 2.33. The molecular weight excluding hydrogens is 573 g/mol. The van der Waals surface area contributed by atoms with Crippen LogP contribution < -0.4 is 14.4 Å². The van der Waals surface area contributed by atoms with Crippen LogP contribution in [0.1, 0.15) is 31.4 Å². The van der Waals surface area contributed by atoms with Crippen molar-refractivity contribution < 1.29 is 22.7 Å². The summed E-state index contributed by atoms with van der Waals surface area (Å²) in [5.74, 6) is -0.421. The number of halogens is 2. The molecule has 0 aliphatic heterocycles. The number of benzene rings is 3. The maximum atomic E-state index is 14.0. The molecule has 1 unspecified atom stereocenters. The summed E-state index contributed by atoms with van der Waals surface area (Å²) in [4.78, 5) is 28.1. The molecule has 3 aromatic carbocycles. The number of ether oxygens (including phenoxy) is 1. The quantitative estimate of drug-likeness (QED) is 0.296. The molecule has 0 aliphatic carbocycles. The number of hydrogen-bond donors (Lipinski definition) is 1. The van der Waals surface area contributed by atoms with Crippen molar-refractivity contribution in [1.82, 2.24) is 10.2 Å². The highest BCUT2D eigenvalue weighted by molar-refractivity contribution is 7.92. The van der Waals surface area contributed by atoms with Gasteiger partial charge in [-0.3, -0.25) is 13.9 Å². The van der Waals surface area contributed by atoms with E-state index in [1.807, 2.05) is 13.8 Å². The standard InChI is InChI=1S/C29H33Cl2N3O5S/c1-5-27(29(36)32-4)33(18-21-9-10-22(30)17-26(21)31)28(35)19-34(23-11-7-20(3)8-12-23)40(37,38)25-15-13-24(14-16-25)39-6-2/h7-17,27H,5-6,18-19H2,1-4H3,(H,32,36). The number of hydrogen-bond acceptors (Lipinski definition) is 5.